The number of nitrogens with zero attached hydrogens (tertiary/aromatic N) is 5. The number of piperazine rings is 1. The highest BCUT2D eigenvalue weighted by Gasteiger charge is 2.31. The molecule has 2 heterocycles. The first-order chi connectivity index (χ1) is 11.1. The number of likely N-dealkylation sites (N-methyl/N-ethyl adjacent to an activating group) is 1. The maximum absolute atomic E-state index is 12.7. The molecular weight excluding hydrogens is 290 g/mol. The van der Waals surface area contributed by atoms with E-state index in [-0.39, 0.29) is 11.9 Å². The molecule has 23 heavy (non-hydrogen) atoms. The van der Waals surface area contributed by atoms with Crippen LogP contribution in [0.5, 0.6) is 0 Å². The number of nitriles is 1. The largest absolute Gasteiger partial charge is 0.337 e. The van der Waals surface area contributed by atoms with Crippen LogP contribution in [0, 0.1) is 11.3 Å². The van der Waals surface area contributed by atoms with E-state index in [0.717, 1.165) is 12.4 Å². The van der Waals surface area contributed by atoms with Gasteiger partial charge in [0.2, 0.25) is 0 Å². The minimum Gasteiger partial charge on any atom is -0.337 e. The molecule has 2 aromatic rings. The standard InChI is InChI=1S/C17H19N5O/c1-20-9-10-22(12-15(20)16-19-7-8-21(16)2)17(23)14-5-3-13(11-18)4-6-14/h3-8,15H,9-10,12H2,1-2H3/t15-/m0/s1. The number of imidazole rings is 1. The summed E-state index contributed by atoms with van der Waals surface area (Å²) in [7, 11) is 4.03. The van der Waals surface area contributed by atoms with Crippen molar-refractivity contribution in [2.45, 2.75) is 6.04 Å². The van der Waals surface area contributed by atoms with E-state index < -0.39 is 0 Å². The van der Waals surface area contributed by atoms with Crippen molar-refractivity contribution in [2.24, 2.45) is 7.05 Å². The Morgan fingerprint density at radius 2 is 2.00 bits per heavy atom. The molecule has 1 aliphatic rings. The summed E-state index contributed by atoms with van der Waals surface area (Å²) in [5.74, 6) is 0.964. The van der Waals surface area contributed by atoms with Crippen molar-refractivity contribution in [3.05, 3.63) is 53.6 Å². The molecule has 0 bridgehead atoms. The molecular formula is C17H19N5O. The van der Waals surface area contributed by atoms with Crippen LogP contribution in [0.3, 0.4) is 0 Å². The molecule has 1 atom stereocenters. The van der Waals surface area contributed by atoms with Gasteiger partial charge in [0.15, 0.2) is 0 Å². The van der Waals surface area contributed by atoms with Crippen LogP contribution in [0.1, 0.15) is 27.8 Å². The highest BCUT2D eigenvalue weighted by atomic mass is 16.2. The van der Waals surface area contributed by atoms with E-state index in [1.54, 1.807) is 30.5 Å². The summed E-state index contributed by atoms with van der Waals surface area (Å²) in [4.78, 5) is 21.2. The third kappa shape index (κ3) is 2.96. The number of hydrogen-bond donors (Lipinski definition) is 0. The summed E-state index contributed by atoms with van der Waals surface area (Å²) in [6.07, 6.45) is 3.70. The quantitative estimate of drug-likeness (QED) is 0.841. The van der Waals surface area contributed by atoms with Gasteiger partial charge in [-0.25, -0.2) is 4.98 Å². The SMILES string of the molecule is CN1CCN(C(=O)c2ccc(C#N)cc2)C[C@H]1c1nccn1C. The summed E-state index contributed by atoms with van der Waals surface area (Å²) in [5.41, 5.74) is 1.18. The number of rotatable bonds is 2. The van der Waals surface area contributed by atoms with Gasteiger partial charge < -0.3 is 9.47 Å². The fourth-order valence-corrected chi connectivity index (χ4v) is 2.91. The number of carbonyl (C=O) groups excluding carboxylic acids is 1. The van der Waals surface area contributed by atoms with E-state index in [4.69, 9.17) is 5.26 Å². The van der Waals surface area contributed by atoms with Crippen LogP contribution in [-0.4, -0.2) is 51.9 Å². The fraction of sp³-hybridized carbons (Fsp3) is 0.353. The molecule has 1 aliphatic heterocycles. The van der Waals surface area contributed by atoms with Gasteiger partial charge in [0.25, 0.3) is 5.91 Å². The lowest BCUT2D eigenvalue weighted by Gasteiger charge is -2.39. The van der Waals surface area contributed by atoms with Gasteiger partial charge in [-0.15, -0.1) is 0 Å². The van der Waals surface area contributed by atoms with E-state index in [1.807, 2.05) is 22.7 Å². The van der Waals surface area contributed by atoms with Gasteiger partial charge in [0.05, 0.1) is 17.7 Å². The molecule has 0 aliphatic carbocycles. The zero-order valence-corrected chi connectivity index (χ0v) is 13.3. The summed E-state index contributed by atoms with van der Waals surface area (Å²) in [6, 6.07) is 8.95. The van der Waals surface area contributed by atoms with Gasteiger partial charge in [-0.05, 0) is 31.3 Å². The van der Waals surface area contributed by atoms with Crippen molar-refractivity contribution < 1.29 is 4.79 Å². The Labute approximate surface area is 135 Å². The van der Waals surface area contributed by atoms with Crippen molar-refractivity contribution >= 4 is 5.91 Å². The monoisotopic (exact) mass is 309 g/mol. The summed E-state index contributed by atoms with van der Waals surface area (Å²) in [5, 5.41) is 8.85. The van der Waals surface area contributed by atoms with Gasteiger partial charge in [0.1, 0.15) is 5.82 Å². The molecule has 1 aromatic heterocycles. The van der Waals surface area contributed by atoms with Crippen LogP contribution in [-0.2, 0) is 7.05 Å². The Morgan fingerprint density at radius 1 is 1.26 bits per heavy atom. The molecule has 1 saturated heterocycles. The first kappa shape index (κ1) is 15.3. The molecule has 118 valence electrons. The van der Waals surface area contributed by atoms with E-state index in [0.29, 0.717) is 24.2 Å². The van der Waals surface area contributed by atoms with E-state index in [1.165, 1.54) is 0 Å². The summed E-state index contributed by atoms with van der Waals surface area (Å²) < 4.78 is 2.00. The number of hydrogen-bond acceptors (Lipinski definition) is 4. The number of aromatic nitrogens is 2. The molecule has 1 aromatic carbocycles. The Balaban J connectivity index is 1.79. The molecule has 0 unspecified atom stereocenters. The lowest BCUT2D eigenvalue weighted by molar-refractivity contribution is 0.0529. The number of amides is 1. The van der Waals surface area contributed by atoms with Crippen LogP contribution in [0.2, 0.25) is 0 Å². The Morgan fingerprint density at radius 3 is 2.61 bits per heavy atom. The third-order valence-corrected chi connectivity index (χ3v) is 4.35. The number of benzene rings is 1. The highest BCUT2D eigenvalue weighted by molar-refractivity contribution is 5.94. The molecule has 0 N–H and O–H groups in total. The van der Waals surface area contributed by atoms with Crippen molar-refractivity contribution in [3.8, 4) is 6.07 Å². The first-order valence-corrected chi connectivity index (χ1v) is 7.57. The molecule has 6 nitrogen and oxygen atoms in total. The van der Waals surface area contributed by atoms with Gasteiger partial charge in [-0.3, -0.25) is 9.69 Å². The lowest BCUT2D eigenvalue weighted by atomic mass is 10.1. The van der Waals surface area contributed by atoms with E-state index in [2.05, 4.69) is 23.0 Å². The predicted molar refractivity (Wildman–Crippen MR) is 85.6 cm³/mol. The van der Waals surface area contributed by atoms with Crippen LogP contribution >= 0.6 is 0 Å². The summed E-state index contributed by atoms with van der Waals surface area (Å²) >= 11 is 0. The number of aryl methyl sites for hydroxylation is 1. The number of carbonyl (C=O) groups is 1. The zero-order chi connectivity index (χ0) is 16.4. The van der Waals surface area contributed by atoms with Crippen LogP contribution in [0.4, 0.5) is 0 Å². The maximum atomic E-state index is 12.7. The molecule has 0 saturated carbocycles. The molecule has 6 heteroatoms. The van der Waals surface area contributed by atoms with E-state index in [9.17, 15) is 4.79 Å². The average Bonchev–Trinajstić information content (AvgIpc) is 3.00. The highest BCUT2D eigenvalue weighted by Crippen LogP contribution is 2.23. The van der Waals surface area contributed by atoms with Crippen molar-refractivity contribution in [3.63, 3.8) is 0 Å². The second-order valence-corrected chi connectivity index (χ2v) is 5.83. The molecule has 0 radical (unpaired) electrons. The van der Waals surface area contributed by atoms with Crippen molar-refractivity contribution in [1.82, 2.24) is 19.4 Å². The van der Waals surface area contributed by atoms with Gasteiger partial charge in [-0.2, -0.15) is 5.26 Å². The molecule has 1 fully saturated rings. The smallest absolute Gasteiger partial charge is 0.253 e. The van der Waals surface area contributed by atoms with Crippen molar-refractivity contribution in [2.75, 3.05) is 26.7 Å². The van der Waals surface area contributed by atoms with Gasteiger partial charge >= 0.3 is 0 Å². The van der Waals surface area contributed by atoms with Crippen molar-refractivity contribution in [1.29, 1.82) is 5.26 Å². The lowest BCUT2D eigenvalue weighted by Crippen LogP contribution is -2.49. The molecule has 0 spiro atoms. The second-order valence-electron chi connectivity index (χ2n) is 5.83. The van der Waals surface area contributed by atoms with Crippen LogP contribution < -0.4 is 0 Å². The topological polar surface area (TPSA) is 65.2 Å². The van der Waals surface area contributed by atoms with Gasteiger partial charge in [-0.1, -0.05) is 0 Å². The molecule has 3 rings (SSSR count). The normalized spacial score (nSPS) is 18.7. The Bertz CT molecular complexity index is 743. The zero-order valence-electron chi connectivity index (χ0n) is 13.3. The third-order valence-electron chi connectivity index (χ3n) is 4.35. The maximum Gasteiger partial charge on any atom is 0.253 e. The average molecular weight is 309 g/mol. The summed E-state index contributed by atoms with van der Waals surface area (Å²) in [6.45, 7) is 2.11. The Hall–Kier alpha value is -2.65. The Kier molecular flexibility index (Phi) is 4.13. The van der Waals surface area contributed by atoms with Gasteiger partial charge in [0, 0.05) is 44.6 Å². The minimum absolute atomic E-state index is 0.00167. The predicted octanol–water partition coefficient (Wildman–Crippen LogP) is 1.42. The molecule has 1 amide bonds. The fourth-order valence-electron chi connectivity index (χ4n) is 2.91. The van der Waals surface area contributed by atoms with E-state index >= 15 is 0 Å². The van der Waals surface area contributed by atoms with Crippen LogP contribution in [0.15, 0.2) is 36.7 Å². The van der Waals surface area contributed by atoms with Crippen LogP contribution in [0.25, 0.3) is 0 Å². The minimum atomic E-state index is 0.00167. The first-order valence-electron chi connectivity index (χ1n) is 7.57. The second kappa shape index (κ2) is 6.23.